The Morgan fingerprint density at radius 3 is 2.10 bits per heavy atom. The molecular formula is C24H43N3O4. The van der Waals surface area contributed by atoms with Gasteiger partial charge >= 0.3 is 5.97 Å². The monoisotopic (exact) mass is 437 g/mol. The number of carboxylic acid groups (broad SMARTS) is 1. The Kier molecular flexibility index (Phi) is 10.2. The summed E-state index contributed by atoms with van der Waals surface area (Å²) in [6.07, 6.45) is 3.40. The predicted octanol–water partition coefficient (Wildman–Crippen LogP) is 3.15. The van der Waals surface area contributed by atoms with Crippen LogP contribution in [0, 0.1) is 17.8 Å². The number of amides is 2. The number of rotatable bonds is 9. The molecular weight excluding hydrogens is 394 g/mol. The molecule has 0 aromatic carbocycles. The summed E-state index contributed by atoms with van der Waals surface area (Å²) >= 11 is 0. The van der Waals surface area contributed by atoms with E-state index in [9.17, 15) is 19.5 Å². The van der Waals surface area contributed by atoms with Gasteiger partial charge in [-0.15, -0.1) is 0 Å². The summed E-state index contributed by atoms with van der Waals surface area (Å²) < 4.78 is 0. The van der Waals surface area contributed by atoms with E-state index in [4.69, 9.17) is 0 Å². The van der Waals surface area contributed by atoms with E-state index in [0.29, 0.717) is 5.92 Å². The number of nitrogens with one attached hydrogen (secondary N) is 1. The average molecular weight is 438 g/mol. The molecule has 7 nitrogen and oxygen atoms in total. The standard InChI is InChI=1S/C24H43N3O4/c1-14(2)20(12-18(8)24(30)31)26(9)23(29)21(15(3)4)25-22(28)19-11-10-17(7)13-27(19)16(5)6/h12,14-17,19-21H,10-11,13H2,1-9H3,(H,25,28)(H,30,31)/b18-12+/t17-,19-,20-,21+/m1/s1. The minimum absolute atomic E-state index is 0.0306. The molecule has 0 saturated carbocycles. The summed E-state index contributed by atoms with van der Waals surface area (Å²) in [5.74, 6) is -0.804. The van der Waals surface area contributed by atoms with E-state index in [-0.39, 0.29) is 47.3 Å². The van der Waals surface area contributed by atoms with Crippen LogP contribution < -0.4 is 5.32 Å². The highest BCUT2D eigenvalue weighted by atomic mass is 16.4. The summed E-state index contributed by atoms with van der Waals surface area (Å²) in [4.78, 5) is 41.7. The zero-order chi connectivity index (χ0) is 24.0. The van der Waals surface area contributed by atoms with E-state index in [1.165, 1.54) is 6.92 Å². The first-order valence-electron chi connectivity index (χ1n) is 11.5. The molecule has 1 aliphatic heterocycles. The first kappa shape index (κ1) is 27.1. The van der Waals surface area contributed by atoms with E-state index >= 15 is 0 Å². The minimum Gasteiger partial charge on any atom is -0.478 e. The molecule has 1 rings (SSSR count). The van der Waals surface area contributed by atoms with Crippen LogP contribution >= 0.6 is 0 Å². The van der Waals surface area contributed by atoms with Crippen molar-refractivity contribution in [3.63, 3.8) is 0 Å². The van der Waals surface area contributed by atoms with Crippen LogP contribution in [0.5, 0.6) is 0 Å². The molecule has 0 aromatic heterocycles. The Balaban J connectivity index is 3.06. The molecule has 1 saturated heterocycles. The van der Waals surface area contributed by atoms with Crippen LogP contribution in [-0.2, 0) is 14.4 Å². The van der Waals surface area contributed by atoms with Gasteiger partial charge in [0.15, 0.2) is 0 Å². The Hall–Kier alpha value is -1.89. The second-order valence-corrected chi connectivity index (χ2v) is 10.1. The Morgan fingerprint density at radius 2 is 1.65 bits per heavy atom. The second-order valence-electron chi connectivity index (χ2n) is 10.1. The molecule has 2 amide bonds. The van der Waals surface area contributed by atoms with Crippen molar-refractivity contribution in [1.29, 1.82) is 0 Å². The molecule has 0 aliphatic carbocycles. The Bertz CT molecular complexity index is 672. The first-order chi connectivity index (χ1) is 14.3. The van der Waals surface area contributed by atoms with Gasteiger partial charge in [0.1, 0.15) is 6.04 Å². The smallest absolute Gasteiger partial charge is 0.331 e. The summed E-state index contributed by atoms with van der Waals surface area (Å²) in [7, 11) is 1.68. The van der Waals surface area contributed by atoms with Crippen LogP contribution in [-0.4, -0.2) is 70.4 Å². The molecule has 7 heteroatoms. The van der Waals surface area contributed by atoms with Crippen molar-refractivity contribution in [1.82, 2.24) is 15.1 Å². The fraction of sp³-hybridized carbons (Fsp3) is 0.792. The van der Waals surface area contributed by atoms with E-state index in [1.807, 2.05) is 27.7 Å². The molecule has 178 valence electrons. The number of carbonyl (C=O) groups is 3. The summed E-state index contributed by atoms with van der Waals surface area (Å²) in [5.41, 5.74) is 0.201. The normalized spacial score (nSPS) is 22.5. The lowest BCUT2D eigenvalue weighted by atomic mass is 9.91. The van der Waals surface area contributed by atoms with Gasteiger partial charge in [-0.2, -0.15) is 0 Å². The van der Waals surface area contributed by atoms with Gasteiger partial charge in [-0.1, -0.05) is 40.7 Å². The molecule has 1 aliphatic rings. The third kappa shape index (κ3) is 7.34. The van der Waals surface area contributed by atoms with Crippen molar-refractivity contribution in [2.24, 2.45) is 17.8 Å². The molecule has 31 heavy (non-hydrogen) atoms. The fourth-order valence-corrected chi connectivity index (χ4v) is 4.25. The highest BCUT2D eigenvalue weighted by Crippen LogP contribution is 2.24. The summed E-state index contributed by atoms with van der Waals surface area (Å²) in [6.45, 7) is 16.6. The predicted molar refractivity (Wildman–Crippen MR) is 124 cm³/mol. The maximum Gasteiger partial charge on any atom is 0.331 e. The highest BCUT2D eigenvalue weighted by Gasteiger charge is 2.37. The molecule has 0 aromatic rings. The lowest BCUT2D eigenvalue weighted by Crippen LogP contribution is -2.59. The fourth-order valence-electron chi connectivity index (χ4n) is 4.25. The largest absolute Gasteiger partial charge is 0.478 e. The van der Waals surface area contributed by atoms with Crippen LogP contribution in [0.25, 0.3) is 0 Å². The van der Waals surface area contributed by atoms with E-state index in [1.54, 1.807) is 18.0 Å². The van der Waals surface area contributed by atoms with Crippen molar-refractivity contribution >= 4 is 17.8 Å². The highest BCUT2D eigenvalue weighted by molar-refractivity contribution is 5.90. The zero-order valence-corrected chi connectivity index (χ0v) is 20.8. The van der Waals surface area contributed by atoms with Gasteiger partial charge in [0.05, 0.1) is 12.1 Å². The lowest BCUT2D eigenvalue weighted by Gasteiger charge is -2.41. The van der Waals surface area contributed by atoms with Crippen LogP contribution in [0.2, 0.25) is 0 Å². The molecule has 0 unspecified atom stereocenters. The summed E-state index contributed by atoms with van der Waals surface area (Å²) in [6, 6.07) is -1.01. The van der Waals surface area contributed by atoms with Crippen molar-refractivity contribution in [2.45, 2.75) is 92.4 Å². The van der Waals surface area contributed by atoms with Gasteiger partial charge in [-0.25, -0.2) is 4.79 Å². The molecule has 0 spiro atoms. The number of likely N-dealkylation sites (tertiary alicyclic amines) is 1. The molecule has 0 radical (unpaired) electrons. The number of piperidine rings is 1. The van der Waals surface area contributed by atoms with E-state index in [2.05, 4.69) is 31.0 Å². The second kappa shape index (κ2) is 11.7. The number of aliphatic carboxylic acids is 1. The number of carbonyl (C=O) groups excluding carboxylic acids is 2. The number of likely N-dealkylation sites (N-methyl/N-ethyl adjacent to an activating group) is 1. The van der Waals surface area contributed by atoms with Crippen molar-refractivity contribution < 1.29 is 19.5 Å². The van der Waals surface area contributed by atoms with Gasteiger partial charge in [0.25, 0.3) is 0 Å². The van der Waals surface area contributed by atoms with Crippen molar-refractivity contribution in [2.75, 3.05) is 13.6 Å². The SMILES string of the molecule is C/C(=C\[C@H](C(C)C)N(C)C(=O)[C@@H](NC(=O)[C@H]1CC[C@@H](C)CN1C(C)C)C(C)C)C(=O)O. The number of hydrogen-bond donors (Lipinski definition) is 2. The quantitative estimate of drug-likeness (QED) is 0.541. The Labute approximate surface area is 188 Å². The Morgan fingerprint density at radius 1 is 1.06 bits per heavy atom. The van der Waals surface area contributed by atoms with Crippen LogP contribution in [0.1, 0.15) is 68.2 Å². The third-order valence-electron chi connectivity index (χ3n) is 6.29. The lowest BCUT2D eigenvalue weighted by molar-refractivity contribution is -0.140. The van der Waals surface area contributed by atoms with Gasteiger partial charge < -0.3 is 15.3 Å². The van der Waals surface area contributed by atoms with Gasteiger partial charge in [0.2, 0.25) is 11.8 Å². The molecule has 1 fully saturated rings. The third-order valence-corrected chi connectivity index (χ3v) is 6.29. The summed E-state index contributed by atoms with van der Waals surface area (Å²) in [5, 5.41) is 12.3. The van der Waals surface area contributed by atoms with E-state index in [0.717, 1.165) is 19.4 Å². The maximum absolute atomic E-state index is 13.4. The topological polar surface area (TPSA) is 90.0 Å². The van der Waals surface area contributed by atoms with Crippen molar-refractivity contribution in [3.05, 3.63) is 11.6 Å². The van der Waals surface area contributed by atoms with Gasteiger partial charge in [-0.05, 0) is 51.4 Å². The minimum atomic E-state index is -1.000. The van der Waals surface area contributed by atoms with Crippen LogP contribution in [0.15, 0.2) is 11.6 Å². The van der Waals surface area contributed by atoms with Crippen molar-refractivity contribution in [3.8, 4) is 0 Å². The molecule has 2 N–H and O–H groups in total. The van der Waals surface area contributed by atoms with Crippen LogP contribution in [0.3, 0.4) is 0 Å². The average Bonchev–Trinajstić information content (AvgIpc) is 2.67. The number of hydrogen-bond acceptors (Lipinski definition) is 4. The molecule has 4 atom stereocenters. The van der Waals surface area contributed by atoms with Crippen LogP contribution in [0.4, 0.5) is 0 Å². The molecule has 1 heterocycles. The molecule has 0 bridgehead atoms. The number of nitrogens with zero attached hydrogens (tertiary/aromatic N) is 2. The maximum atomic E-state index is 13.4. The first-order valence-corrected chi connectivity index (χ1v) is 11.5. The van der Waals surface area contributed by atoms with Gasteiger partial charge in [-0.3, -0.25) is 14.5 Å². The number of carboxylic acids is 1. The van der Waals surface area contributed by atoms with E-state index < -0.39 is 12.0 Å². The zero-order valence-electron chi connectivity index (χ0n) is 20.8. The van der Waals surface area contributed by atoms with Gasteiger partial charge in [0, 0.05) is 25.2 Å².